The monoisotopic (exact) mass is 1080 g/mol. The van der Waals surface area contributed by atoms with Gasteiger partial charge in [-0.15, -0.1) is 0 Å². The smallest absolute Gasteiger partial charge is 0.220 e. The minimum Gasteiger partial charge on any atom is -0.394 e. The van der Waals surface area contributed by atoms with Crippen LogP contribution >= 0.6 is 0 Å². The van der Waals surface area contributed by atoms with Gasteiger partial charge in [-0.05, 0) is 96.3 Å². The maximum Gasteiger partial charge on any atom is 0.220 e. The molecule has 3 N–H and O–H groups in total. The normalized spacial score (nSPS) is 13.6. The lowest BCUT2D eigenvalue weighted by Crippen LogP contribution is -2.45. The summed E-state index contributed by atoms with van der Waals surface area (Å²) >= 11 is 0. The van der Waals surface area contributed by atoms with Crippen molar-refractivity contribution in [2.24, 2.45) is 0 Å². The van der Waals surface area contributed by atoms with Gasteiger partial charge in [-0.1, -0.05) is 340 Å². The fourth-order valence-electron chi connectivity index (χ4n) is 9.62. The number of hydrogen-bond acceptors (Lipinski definition) is 3. The lowest BCUT2D eigenvalue weighted by molar-refractivity contribution is -0.123. The molecule has 0 heterocycles. The van der Waals surface area contributed by atoms with Crippen LogP contribution in [0.5, 0.6) is 0 Å². The molecule has 0 aliphatic rings. The summed E-state index contributed by atoms with van der Waals surface area (Å²) in [7, 11) is 0. The minimum atomic E-state index is -0.870. The number of nitrogens with one attached hydrogen (secondary N) is 1. The second-order valence-electron chi connectivity index (χ2n) is 22.2. The van der Waals surface area contributed by atoms with Crippen molar-refractivity contribution in [3.8, 4) is 0 Å². The van der Waals surface area contributed by atoms with Crippen LogP contribution in [0.3, 0.4) is 0 Å². The second kappa shape index (κ2) is 67.8. The van der Waals surface area contributed by atoms with Crippen LogP contribution in [-0.4, -0.2) is 34.9 Å². The second-order valence-corrected chi connectivity index (χ2v) is 22.2. The van der Waals surface area contributed by atoms with Gasteiger partial charge in [0.2, 0.25) is 5.91 Å². The first-order valence-corrected chi connectivity index (χ1v) is 33.4. The molecule has 1 amide bonds. The Morgan fingerprint density at radius 1 is 0.321 bits per heavy atom. The highest BCUT2D eigenvalue weighted by Gasteiger charge is 2.18. The molecule has 0 aliphatic heterocycles. The van der Waals surface area contributed by atoms with Gasteiger partial charge in [-0.25, -0.2) is 0 Å². The maximum absolute atomic E-state index is 12.5. The van der Waals surface area contributed by atoms with Crippen LogP contribution in [-0.2, 0) is 4.79 Å². The molecule has 0 fully saturated rings. The van der Waals surface area contributed by atoms with Gasteiger partial charge in [0, 0.05) is 6.42 Å². The summed E-state index contributed by atoms with van der Waals surface area (Å²) in [6.45, 7) is 4.19. The topological polar surface area (TPSA) is 69.6 Å². The summed E-state index contributed by atoms with van der Waals surface area (Å²) in [5, 5.41) is 23.2. The molecule has 0 aromatic rings. The summed E-state index contributed by atoms with van der Waals surface area (Å²) in [6, 6.07) is -0.658. The Labute approximate surface area is 485 Å². The summed E-state index contributed by atoms with van der Waals surface area (Å²) in [6.07, 6.45) is 105. The van der Waals surface area contributed by atoms with E-state index in [1.807, 2.05) is 6.08 Å². The Morgan fingerprint density at radius 2 is 0.564 bits per heavy atom. The number of carbonyl (C=O) groups is 1. The number of allylic oxidation sites excluding steroid dienone is 21. The van der Waals surface area contributed by atoms with Crippen molar-refractivity contribution in [3.63, 3.8) is 0 Å². The van der Waals surface area contributed by atoms with Gasteiger partial charge >= 0.3 is 0 Å². The van der Waals surface area contributed by atoms with Crippen molar-refractivity contribution in [1.29, 1.82) is 0 Å². The van der Waals surface area contributed by atoms with Crippen LogP contribution in [0.1, 0.15) is 309 Å². The Bertz CT molecular complexity index is 1550. The molecule has 4 heteroatoms. The van der Waals surface area contributed by atoms with E-state index < -0.39 is 12.1 Å². The zero-order chi connectivity index (χ0) is 56.2. The van der Waals surface area contributed by atoms with Crippen molar-refractivity contribution in [2.45, 2.75) is 321 Å². The fourth-order valence-corrected chi connectivity index (χ4v) is 9.62. The molecule has 446 valence electrons. The predicted octanol–water partition coefficient (Wildman–Crippen LogP) is 22.9. The summed E-state index contributed by atoms with van der Waals surface area (Å²) < 4.78 is 0. The lowest BCUT2D eigenvalue weighted by Gasteiger charge is -2.19. The molecule has 0 aliphatic carbocycles. The van der Waals surface area contributed by atoms with Crippen LogP contribution < -0.4 is 5.32 Å². The molecule has 0 aromatic heterocycles. The zero-order valence-electron chi connectivity index (χ0n) is 51.4. The molecular weight excluding hydrogens is 951 g/mol. The van der Waals surface area contributed by atoms with E-state index in [4.69, 9.17) is 0 Å². The number of unbranched alkanes of at least 4 members (excludes halogenated alkanes) is 33. The molecule has 0 bridgehead atoms. The van der Waals surface area contributed by atoms with E-state index in [0.717, 1.165) is 96.3 Å². The number of carbonyl (C=O) groups excluding carboxylic acids is 1. The van der Waals surface area contributed by atoms with Crippen LogP contribution in [0.4, 0.5) is 0 Å². The third-order valence-corrected chi connectivity index (χ3v) is 14.6. The van der Waals surface area contributed by atoms with Gasteiger partial charge in [0.05, 0.1) is 18.8 Å². The number of aliphatic hydroxyl groups is 2. The Balaban J connectivity index is 3.61. The highest BCUT2D eigenvalue weighted by molar-refractivity contribution is 5.76. The first-order valence-electron chi connectivity index (χ1n) is 33.4. The molecule has 0 spiro atoms. The molecule has 2 atom stereocenters. The highest BCUT2D eigenvalue weighted by Crippen LogP contribution is 2.17. The molecule has 0 saturated carbocycles. The lowest BCUT2D eigenvalue weighted by atomic mass is 10.0. The molecule has 0 saturated heterocycles. The molecule has 2 unspecified atom stereocenters. The third-order valence-electron chi connectivity index (χ3n) is 14.6. The standard InChI is InChI=1S/C74H127NO3/c1-3-5-7-9-11-13-15-17-19-21-23-25-27-29-31-33-35-37-39-41-43-45-47-49-51-53-55-57-59-61-63-65-67-69-73(77)72(71-76)75-74(78)70-68-66-64-62-60-58-56-54-52-50-48-46-44-42-40-38-36-34-32-30-28-26-24-22-20-18-16-14-12-10-8-6-4-2/h6,8,12,14,18,20,24,26,30,32,36,38,42,44,48,50,54,56,60,62,67,69,72-73,76-77H,3-5,7,9-11,13,15-17,19,21-23,25,27-29,31,33-35,37,39-41,43,45-47,49,51-53,55,57-59,61,63-66,68,70-71H2,1-2H3,(H,75,78)/b8-6-,14-12-,20-18-,26-24-,32-30-,38-36-,44-42-,50-48-,56-54-,62-60-,69-67+. The third kappa shape index (κ3) is 63.4. The van der Waals surface area contributed by atoms with Crippen LogP contribution in [0.15, 0.2) is 134 Å². The first-order chi connectivity index (χ1) is 38.7. The van der Waals surface area contributed by atoms with Gasteiger partial charge in [-0.3, -0.25) is 4.79 Å². The van der Waals surface area contributed by atoms with Crippen molar-refractivity contribution in [3.05, 3.63) is 134 Å². The molecular formula is C74H127NO3. The van der Waals surface area contributed by atoms with Crippen molar-refractivity contribution >= 4 is 5.91 Å². The fraction of sp³-hybridized carbons (Fsp3) is 0.689. The van der Waals surface area contributed by atoms with Crippen molar-refractivity contribution in [1.82, 2.24) is 5.32 Å². The highest BCUT2D eigenvalue weighted by atomic mass is 16.3. The van der Waals surface area contributed by atoms with Crippen LogP contribution in [0.25, 0.3) is 0 Å². The predicted molar refractivity (Wildman–Crippen MR) is 349 cm³/mol. The molecule has 4 nitrogen and oxygen atoms in total. The summed E-state index contributed by atoms with van der Waals surface area (Å²) in [5.74, 6) is -0.108. The largest absolute Gasteiger partial charge is 0.394 e. The molecule has 0 aromatic carbocycles. The van der Waals surface area contributed by atoms with E-state index >= 15 is 0 Å². The van der Waals surface area contributed by atoms with Gasteiger partial charge in [-0.2, -0.15) is 0 Å². The summed E-state index contributed by atoms with van der Waals surface area (Å²) in [4.78, 5) is 12.5. The van der Waals surface area contributed by atoms with Gasteiger partial charge < -0.3 is 15.5 Å². The quantitative estimate of drug-likeness (QED) is 0.0420. The Hall–Kier alpha value is -3.47. The number of hydrogen-bond donors (Lipinski definition) is 3. The zero-order valence-corrected chi connectivity index (χ0v) is 51.4. The van der Waals surface area contributed by atoms with E-state index in [9.17, 15) is 15.0 Å². The molecule has 0 radical (unpaired) electrons. The van der Waals surface area contributed by atoms with E-state index in [-0.39, 0.29) is 12.5 Å². The van der Waals surface area contributed by atoms with Gasteiger partial charge in [0.15, 0.2) is 0 Å². The summed E-state index contributed by atoms with van der Waals surface area (Å²) in [5.41, 5.74) is 0. The van der Waals surface area contributed by atoms with Crippen LogP contribution in [0, 0.1) is 0 Å². The minimum absolute atomic E-state index is 0.108. The Morgan fingerprint density at radius 3 is 0.846 bits per heavy atom. The van der Waals surface area contributed by atoms with Gasteiger partial charge in [0.25, 0.3) is 0 Å². The van der Waals surface area contributed by atoms with Gasteiger partial charge in [0.1, 0.15) is 0 Å². The Kier molecular flexibility index (Phi) is 64.8. The van der Waals surface area contributed by atoms with Crippen molar-refractivity contribution in [2.75, 3.05) is 6.61 Å². The SMILES string of the molecule is CC/C=C\C/C=C\C/C=C\C/C=C\C/C=C\C/C=C\C/C=C\C/C=C\C/C=C\C/C=C\CCCCC(=O)NC(CO)C(O)/C=C/CCCCCCCCCCCCCCCCCCCCCCCCCCCCCCCCC. The molecule has 78 heavy (non-hydrogen) atoms. The number of rotatable bonds is 60. The molecule has 0 rings (SSSR count). The van der Waals surface area contributed by atoms with Crippen LogP contribution in [0.2, 0.25) is 0 Å². The maximum atomic E-state index is 12.5. The van der Waals surface area contributed by atoms with Crippen molar-refractivity contribution < 1.29 is 15.0 Å². The van der Waals surface area contributed by atoms with E-state index in [2.05, 4.69) is 141 Å². The van der Waals surface area contributed by atoms with E-state index in [1.54, 1.807) is 6.08 Å². The number of amides is 1. The average molecular weight is 1080 g/mol. The van der Waals surface area contributed by atoms with E-state index in [0.29, 0.717) is 6.42 Å². The first kappa shape index (κ1) is 74.5. The average Bonchev–Trinajstić information content (AvgIpc) is 3.44. The van der Waals surface area contributed by atoms with E-state index in [1.165, 1.54) is 193 Å². The number of aliphatic hydroxyl groups excluding tert-OH is 2.